The average molecular weight is 593 g/mol. The van der Waals surface area contributed by atoms with Crippen molar-refractivity contribution < 1.29 is 17.4 Å². The number of rotatable bonds is 2. The van der Waals surface area contributed by atoms with Crippen molar-refractivity contribution in [1.29, 1.82) is 0 Å². The number of piperazine rings is 1. The van der Waals surface area contributed by atoms with E-state index in [0.717, 1.165) is 61.6 Å². The number of hydrogen-bond acceptors (Lipinski definition) is 11. The van der Waals surface area contributed by atoms with E-state index in [9.17, 15) is 13.2 Å². The monoisotopic (exact) mass is 592 g/mol. The zero-order valence-electron chi connectivity index (χ0n) is 23.6. The van der Waals surface area contributed by atoms with Crippen molar-refractivity contribution in [3.8, 4) is 11.1 Å². The number of aromatic nitrogens is 3. The molecule has 8 bridgehead atoms. The van der Waals surface area contributed by atoms with Gasteiger partial charge in [0.25, 0.3) is 10.1 Å². The summed E-state index contributed by atoms with van der Waals surface area (Å²) in [4.78, 5) is 33.1. The molecule has 1 amide bonds. The summed E-state index contributed by atoms with van der Waals surface area (Å²) in [5, 5.41) is 6.48. The molecule has 222 valence electrons. The second kappa shape index (κ2) is 12.3. The lowest BCUT2D eigenvalue weighted by Gasteiger charge is -2.34. The van der Waals surface area contributed by atoms with Gasteiger partial charge < -0.3 is 15.5 Å². The highest BCUT2D eigenvalue weighted by molar-refractivity contribution is 7.86. The molecule has 0 aliphatic carbocycles. The number of nitrogens with one attached hydrogen (secondary N) is 2. The van der Waals surface area contributed by atoms with Gasteiger partial charge in [0.05, 0.1) is 18.9 Å². The zero-order chi connectivity index (χ0) is 29.1. The van der Waals surface area contributed by atoms with Crippen LogP contribution < -0.4 is 15.5 Å². The highest BCUT2D eigenvalue weighted by Crippen LogP contribution is 2.29. The first-order valence-electron chi connectivity index (χ1n) is 14.3. The van der Waals surface area contributed by atoms with Gasteiger partial charge >= 0.3 is 0 Å². The van der Waals surface area contributed by atoms with Crippen LogP contribution in [-0.2, 0) is 25.6 Å². The summed E-state index contributed by atoms with van der Waals surface area (Å²) in [5.41, 5.74) is 3.94. The number of anilines is 3. The molecule has 6 aliphatic rings. The molecule has 2 unspecified atom stereocenters. The Bertz CT molecular complexity index is 1510. The Morgan fingerprint density at radius 3 is 2.48 bits per heavy atom. The summed E-state index contributed by atoms with van der Waals surface area (Å²) in [5.74, 6) is 1.21. The normalized spacial score (nSPS) is 25.0. The Kier molecular flexibility index (Phi) is 8.34. The van der Waals surface area contributed by atoms with Crippen LogP contribution in [0.5, 0.6) is 0 Å². The number of amides is 1. The van der Waals surface area contributed by atoms with Gasteiger partial charge in [0.1, 0.15) is 5.82 Å². The molecule has 2 atom stereocenters. The van der Waals surface area contributed by atoms with Gasteiger partial charge in [-0.2, -0.15) is 8.42 Å². The topological polar surface area (TPSA) is 133 Å². The molecular formula is C29H36N8O4S. The third-order valence-corrected chi connectivity index (χ3v) is 8.53. The van der Waals surface area contributed by atoms with E-state index in [0.29, 0.717) is 38.4 Å². The van der Waals surface area contributed by atoms with Crippen LogP contribution in [0.4, 0.5) is 17.5 Å². The van der Waals surface area contributed by atoms with Crippen molar-refractivity contribution in [2.24, 2.45) is 0 Å². The van der Waals surface area contributed by atoms with Crippen LogP contribution in [0, 0.1) is 0 Å². The van der Waals surface area contributed by atoms with Gasteiger partial charge in [-0.05, 0) is 48.2 Å². The van der Waals surface area contributed by atoms with Gasteiger partial charge in [-0.25, -0.2) is 15.0 Å². The fraction of sp³-hybridized carbons (Fsp3) is 0.448. The molecule has 42 heavy (non-hydrogen) atoms. The van der Waals surface area contributed by atoms with Crippen molar-refractivity contribution in [2.45, 2.75) is 31.5 Å². The third kappa shape index (κ3) is 7.21. The van der Waals surface area contributed by atoms with Gasteiger partial charge in [0.15, 0.2) is 0 Å². The number of hydrogen-bond donors (Lipinski definition) is 2. The molecule has 13 heteroatoms. The molecule has 2 aromatic heterocycles. The number of nitrogens with zero attached hydrogens (tertiary/aromatic N) is 6. The van der Waals surface area contributed by atoms with Crippen LogP contribution in [0.3, 0.4) is 0 Å². The predicted molar refractivity (Wildman–Crippen MR) is 160 cm³/mol. The van der Waals surface area contributed by atoms with Crippen molar-refractivity contribution in [3.05, 3.63) is 60.6 Å². The summed E-state index contributed by atoms with van der Waals surface area (Å²) >= 11 is 0. The molecule has 2 saturated heterocycles. The van der Waals surface area contributed by atoms with Gasteiger partial charge in [-0.15, -0.1) is 0 Å². The van der Waals surface area contributed by atoms with Crippen LogP contribution in [0.15, 0.2) is 55.0 Å². The molecule has 12 nitrogen and oxygen atoms in total. The molecule has 8 heterocycles. The molecule has 3 aromatic rings. The van der Waals surface area contributed by atoms with E-state index in [1.165, 1.54) is 5.56 Å². The molecular weight excluding hydrogens is 556 g/mol. The Hall–Kier alpha value is -3.65. The quantitative estimate of drug-likeness (QED) is 0.423. The van der Waals surface area contributed by atoms with Crippen LogP contribution in [0.2, 0.25) is 0 Å². The van der Waals surface area contributed by atoms with E-state index in [2.05, 4.69) is 47.5 Å². The SMILES string of the molecule is CS(=O)(=O)OC1CC2CCNC(=O)CN3CCN(CC3)Cc3cccc(c3)Nc3cc(ccn3)-c3cnc(nc3)N2C1. The van der Waals surface area contributed by atoms with E-state index in [1.807, 2.05) is 29.2 Å². The molecule has 0 spiro atoms. The first kappa shape index (κ1) is 28.5. The largest absolute Gasteiger partial charge is 0.355 e. The smallest absolute Gasteiger partial charge is 0.264 e. The lowest BCUT2D eigenvalue weighted by atomic mass is 10.1. The molecule has 6 aliphatic heterocycles. The molecule has 2 N–H and O–H groups in total. The maximum Gasteiger partial charge on any atom is 0.264 e. The zero-order valence-corrected chi connectivity index (χ0v) is 24.5. The Morgan fingerprint density at radius 1 is 0.952 bits per heavy atom. The standard InChI is InChI=1S/C29H36N8O4S/c1-42(39,40)41-26-15-25-6-8-31-28(38)20-36-11-9-35(10-12-36)18-21-3-2-4-24(13-21)34-27-14-22(5-7-30-27)23-16-32-29(33-17-23)37(25)19-26/h2-5,7,13-14,16-17,25-26H,6,8-12,15,18-20H2,1H3,(H,30,34)(H,31,38). The second-order valence-electron chi connectivity index (χ2n) is 11.2. The van der Waals surface area contributed by atoms with Crippen molar-refractivity contribution in [2.75, 3.05) is 62.3 Å². The lowest BCUT2D eigenvalue weighted by Crippen LogP contribution is -2.49. The summed E-state index contributed by atoms with van der Waals surface area (Å²) in [7, 11) is -3.61. The maximum absolute atomic E-state index is 12.8. The van der Waals surface area contributed by atoms with E-state index in [1.54, 1.807) is 18.6 Å². The number of carbonyl (C=O) groups excluding carboxylic acids is 1. The van der Waals surface area contributed by atoms with E-state index >= 15 is 0 Å². The van der Waals surface area contributed by atoms with Crippen LogP contribution in [0.1, 0.15) is 18.4 Å². The van der Waals surface area contributed by atoms with Crippen LogP contribution >= 0.6 is 0 Å². The van der Waals surface area contributed by atoms with Crippen molar-refractivity contribution >= 4 is 33.5 Å². The second-order valence-corrected chi connectivity index (χ2v) is 12.8. The number of pyridine rings is 1. The minimum absolute atomic E-state index is 0.00920. The first-order chi connectivity index (χ1) is 20.3. The van der Waals surface area contributed by atoms with Crippen molar-refractivity contribution in [3.63, 3.8) is 0 Å². The fourth-order valence-corrected chi connectivity index (χ4v) is 6.54. The van der Waals surface area contributed by atoms with E-state index in [-0.39, 0.29) is 11.9 Å². The van der Waals surface area contributed by atoms with Crippen LogP contribution in [0.25, 0.3) is 11.1 Å². The molecule has 9 rings (SSSR count). The van der Waals surface area contributed by atoms with Gasteiger partial charge in [0, 0.05) is 81.7 Å². The highest BCUT2D eigenvalue weighted by Gasteiger charge is 2.36. The predicted octanol–water partition coefficient (Wildman–Crippen LogP) is 1.84. The van der Waals surface area contributed by atoms with Crippen LogP contribution in [-0.4, -0.2) is 103 Å². The number of benzene rings is 1. The van der Waals surface area contributed by atoms with E-state index < -0.39 is 16.2 Å². The highest BCUT2D eigenvalue weighted by atomic mass is 32.2. The molecule has 0 radical (unpaired) electrons. The Labute approximate surface area is 246 Å². The van der Waals surface area contributed by atoms with Gasteiger partial charge in [0.2, 0.25) is 11.9 Å². The van der Waals surface area contributed by atoms with Gasteiger partial charge in [-0.1, -0.05) is 12.1 Å². The fourth-order valence-electron chi connectivity index (χ4n) is 5.90. The Balaban J connectivity index is 1.27. The van der Waals surface area contributed by atoms with Crippen molar-refractivity contribution in [1.82, 2.24) is 30.1 Å². The Morgan fingerprint density at radius 2 is 1.71 bits per heavy atom. The summed E-state index contributed by atoms with van der Waals surface area (Å²) < 4.78 is 29.0. The first-order valence-corrected chi connectivity index (χ1v) is 16.1. The molecule has 2 fully saturated rings. The summed E-state index contributed by atoms with van der Waals surface area (Å²) in [6.07, 6.45) is 6.95. The van der Waals surface area contributed by atoms with E-state index in [4.69, 9.17) is 4.18 Å². The third-order valence-electron chi connectivity index (χ3n) is 7.91. The molecule has 1 aromatic carbocycles. The summed E-state index contributed by atoms with van der Waals surface area (Å²) in [6, 6.07) is 12.2. The minimum Gasteiger partial charge on any atom is -0.355 e. The minimum atomic E-state index is -3.61. The lowest BCUT2D eigenvalue weighted by molar-refractivity contribution is -0.122. The number of carbonyl (C=O) groups is 1. The molecule has 0 saturated carbocycles. The average Bonchev–Trinajstić information content (AvgIpc) is 3.35. The maximum atomic E-state index is 12.8. The van der Waals surface area contributed by atoms with Gasteiger partial charge in [-0.3, -0.25) is 18.8 Å². The summed E-state index contributed by atoms with van der Waals surface area (Å²) in [6.45, 7) is 5.46.